The number of carbonyl (C=O) groups is 2. The Morgan fingerprint density at radius 2 is 2.05 bits per heavy atom. The first-order valence-corrected chi connectivity index (χ1v) is 7.17. The van der Waals surface area contributed by atoms with Crippen molar-refractivity contribution in [2.45, 2.75) is 38.8 Å². The lowest BCUT2D eigenvalue weighted by Crippen LogP contribution is -2.45. The van der Waals surface area contributed by atoms with Crippen molar-refractivity contribution in [3.63, 3.8) is 0 Å². The Morgan fingerprint density at radius 1 is 1.38 bits per heavy atom. The predicted molar refractivity (Wildman–Crippen MR) is 80.8 cm³/mol. The fourth-order valence-electron chi connectivity index (χ4n) is 1.59. The minimum atomic E-state index is -0.832. The molecular weight excluding hydrogens is 340 g/mol. The van der Waals surface area contributed by atoms with Crippen LogP contribution in [0, 0.1) is 0 Å². The molecule has 1 aromatic heterocycles. The topological polar surface area (TPSA) is 77.5 Å². The summed E-state index contributed by atoms with van der Waals surface area (Å²) in [5, 5.41) is 2.51. The minimum Gasteiger partial charge on any atom is -0.467 e. The molecule has 1 atom stereocenters. The van der Waals surface area contributed by atoms with Crippen molar-refractivity contribution in [2.75, 3.05) is 7.11 Å². The van der Waals surface area contributed by atoms with E-state index in [1.54, 1.807) is 33.2 Å². The monoisotopic (exact) mass is 358 g/mol. The third kappa shape index (κ3) is 6.57. The molecule has 1 rings (SSSR count). The summed E-state index contributed by atoms with van der Waals surface area (Å²) in [5.41, 5.74) is 0.151. The lowest BCUT2D eigenvalue weighted by atomic mass is 10.1. The number of halogens is 1. The SMILES string of the molecule is COC(=O)C(Cc1cncc(Br)c1)NC(=O)OC(C)(C)C. The van der Waals surface area contributed by atoms with Crippen molar-refractivity contribution in [2.24, 2.45) is 0 Å². The molecule has 0 fully saturated rings. The Morgan fingerprint density at radius 3 is 2.57 bits per heavy atom. The van der Waals surface area contributed by atoms with Gasteiger partial charge in [-0.25, -0.2) is 9.59 Å². The predicted octanol–water partition coefficient (Wildman–Crippen LogP) is 2.45. The van der Waals surface area contributed by atoms with Gasteiger partial charge in [-0.05, 0) is 48.3 Å². The van der Waals surface area contributed by atoms with Crippen molar-refractivity contribution in [3.8, 4) is 0 Å². The summed E-state index contributed by atoms with van der Waals surface area (Å²) in [4.78, 5) is 27.6. The van der Waals surface area contributed by atoms with Crippen molar-refractivity contribution in [3.05, 3.63) is 28.5 Å². The Bertz CT molecular complexity index is 514. The first kappa shape index (κ1) is 17.4. The largest absolute Gasteiger partial charge is 0.467 e. The smallest absolute Gasteiger partial charge is 0.408 e. The number of nitrogens with zero attached hydrogens (tertiary/aromatic N) is 1. The van der Waals surface area contributed by atoms with Gasteiger partial charge in [-0.1, -0.05) is 0 Å². The second-order valence-electron chi connectivity index (χ2n) is 5.44. The molecule has 1 amide bonds. The lowest BCUT2D eigenvalue weighted by Gasteiger charge is -2.22. The molecule has 0 spiro atoms. The third-order valence-electron chi connectivity index (χ3n) is 2.38. The van der Waals surface area contributed by atoms with Crippen LogP contribution in [0.4, 0.5) is 4.79 Å². The van der Waals surface area contributed by atoms with Gasteiger partial charge in [0.25, 0.3) is 0 Å². The van der Waals surface area contributed by atoms with E-state index in [0.717, 1.165) is 10.0 Å². The number of ether oxygens (including phenoxy) is 2. The molecule has 1 N–H and O–H groups in total. The Hall–Kier alpha value is -1.63. The van der Waals surface area contributed by atoms with Gasteiger partial charge < -0.3 is 14.8 Å². The summed E-state index contributed by atoms with van der Waals surface area (Å²) in [6.07, 6.45) is 2.86. The van der Waals surface area contributed by atoms with Crippen LogP contribution in [0.25, 0.3) is 0 Å². The van der Waals surface area contributed by atoms with Gasteiger partial charge in [0.1, 0.15) is 11.6 Å². The minimum absolute atomic E-state index is 0.262. The van der Waals surface area contributed by atoms with Gasteiger partial charge in [-0.3, -0.25) is 4.98 Å². The van der Waals surface area contributed by atoms with Gasteiger partial charge >= 0.3 is 12.1 Å². The highest BCUT2D eigenvalue weighted by Crippen LogP contribution is 2.12. The standard InChI is InChI=1S/C14H19BrN2O4/c1-14(2,3)21-13(19)17-11(12(18)20-4)6-9-5-10(15)8-16-7-9/h5,7-8,11H,6H2,1-4H3,(H,17,19). The molecule has 116 valence electrons. The van der Waals surface area contributed by atoms with E-state index >= 15 is 0 Å². The number of pyridine rings is 1. The van der Waals surface area contributed by atoms with E-state index in [2.05, 4.69) is 26.2 Å². The van der Waals surface area contributed by atoms with Crippen LogP contribution in [0.5, 0.6) is 0 Å². The van der Waals surface area contributed by atoms with Crippen LogP contribution in [-0.4, -0.2) is 35.8 Å². The van der Waals surface area contributed by atoms with Gasteiger partial charge in [0.2, 0.25) is 0 Å². The molecule has 0 aliphatic heterocycles. The van der Waals surface area contributed by atoms with E-state index < -0.39 is 23.7 Å². The Labute approximate surface area is 132 Å². The van der Waals surface area contributed by atoms with Gasteiger partial charge in [0.15, 0.2) is 0 Å². The first-order valence-electron chi connectivity index (χ1n) is 6.38. The highest BCUT2D eigenvalue weighted by Gasteiger charge is 2.25. The molecule has 0 radical (unpaired) electrons. The highest BCUT2D eigenvalue weighted by molar-refractivity contribution is 9.10. The van der Waals surface area contributed by atoms with Crippen molar-refractivity contribution in [1.29, 1.82) is 0 Å². The van der Waals surface area contributed by atoms with E-state index in [9.17, 15) is 9.59 Å². The van der Waals surface area contributed by atoms with Crippen molar-refractivity contribution >= 4 is 28.0 Å². The molecule has 0 saturated carbocycles. The Kier molecular flexibility index (Phi) is 6.14. The van der Waals surface area contributed by atoms with Crippen LogP contribution in [-0.2, 0) is 20.7 Å². The number of carbonyl (C=O) groups excluding carboxylic acids is 2. The second kappa shape index (κ2) is 7.40. The van der Waals surface area contributed by atoms with E-state index in [0.29, 0.717) is 0 Å². The molecule has 0 saturated heterocycles. The van der Waals surface area contributed by atoms with Gasteiger partial charge in [-0.15, -0.1) is 0 Å². The normalized spacial score (nSPS) is 12.4. The van der Waals surface area contributed by atoms with E-state index in [1.807, 2.05) is 6.07 Å². The average molecular weight is 359 g/mol. The maximum Gasteiger partial charge on any atom is 0.408 e. The molecule has 0 bridgehead atoms. The maximum atomic E-state index is 11.8. The molecule has 0 aliphatic rings. The van der Waals surface area contributed by atoms with Crippen LogP contribution >= 0.6 is 15.9 Å². The summed E-state index contributed by atoms with van der Waals surface area (Å²) >= 11 is 3.31. The van der Waals surface area contributed by atoms with E-state index in [-0.39, 0.29) is 6.42 Å². The zero-order valence-corrected chi connectivity index (χ0v) is 14.1. The fraction of sp³-hybridized carbons (Fsp3) is 0.500. The number of alkyl carbamates (subject to hydrolysis) is 1. The van der Waals surface area contributed by atoms with Crippen LogP contribution in [0.3, 0.4) is 0 Å². The summed E-state index contributed by atoms with van der Waals surface area (Å²) in [5.74, 6) is -0.541. The van der Waals surface area contributed by atoms with Crippen molar-refractivity contribution in [1.82, 2.24) is 10.3 Å². The lowest BCUT2D eigenvalue weighted by molar-refractivity contribution is -0.143. The zero-order valence-electron chi connectivity index (χ0n) is 12.5. The first-order chi connectivity index (χ1) is 9.71. The van der Waals surface area contributed by atoms with E-state index in [1.165, 1.54) is 7.11 Å². The van der Waals surface area contributed by atoms with Crippen LogP contribution in [0.1, 0.15) is 26.3 Å². The van der Waals surface area contributed by atoms with Crippen LogP contribution in [0.15, 0.2) is 22.9 Å². The van der Waals surface area contributed by atoms with Crippen LogP contribution in [0.2, 0.25) is 0 Å². The van der Waals surface area contributed by atoms with Crippen LogP contribution < -0.4 is 5.32 Å². The molecule has 6 nitrogen and oxygen atoms in total. The molecule has 1 unspecified atom stereocenters. The highest BCUT2D eigenvalue weighted by atomic mass is 79.9. The number of rotatable bonds is 4. The number of amides is 1. The maximum absolute atomic E-state index is 11.8. The summed E-state index contributed by atoms with van der Waals surface area (Å²) in [6.45, 7) is 5.24. The number of esters is 1. The molecule has 0 aromatic carbocycles. The van der Waals surface area contributed by atoms with Gasteiger partial charge in [-0.2, -0.15) is 0 Å². The summed E-state index contributed by atoms with van der Waals surface area (Å²) < 4.78 is 10.6. The quantitative estimate of drug-likeness (QED) is 0.836. The molecule has 21 heavy (non-hydrogen) atoms. The third-order valence-corrected chi connectivity index (χ3v) is 2.81. The summed E-state index contributed by atoms with van der Waals surface area (Å²) in [6, 6.07) is 0.987. The number of aromatic nitrogens is 1. The number of nitrogens with one attached hydrogen (secondary N) is 1. The van der Waals surface area contributed by atoms with Gasteiger partial charge in [0, 0.05) is 23.3 Å². The molecule has 1 heterocycles. The molecule has 0 aliphatic carbocycles. The number of hydrogen-bond donors (Lipinski definition) is 1. The van der Waals surface area contributed by atoms with Gasteiger partial charge in [0.05, 0.1) is 7.11 Å². The van der Waals surface area contributed by atoms with Crippen molar-refractivity contribution < 1.29 is 19.1 Å². The summed E-state index contributed by atoms with van der Waals surface area (Å²) in [7, 11) is 1.27. The van der Waals surface area contributed by atoms with E-state index in [4.69, 9.17) is 9.47 Å². The zero-order chi connectivity index (χ0) is 16.0. The fourth-order valence-corrected chi connectivity index (χ4v) is 2.00. The molecule has 1 aromatic rings. The second-order valence-corrected chi connectivity index (χ2v) is 6.35. The molecule has 7 heteroatoms. The molecular formula is C14H19BrN2O4. The average Bonchev–Trinajstić information content (AvgIpc) is 2.34. The number of methoxy groups -OCH3 is 1. The Balaban J connectivity index is 2.77. The number of hydrogen-bond acceptors (Lipinski definition) is 5.